The molecule has 0 aromatic heterocycles. The first-order valence-electron chi connectivity index (χ1n) is 7.86. The summed E-state index contributed by atoms with van der Waals surface area (Å²) in [5, 5.41) is 0. The molecule has 2 amide bonds. The van der Waals surface area contributed by atoms with Gasteiger partial charge in [0, 0.05) is 17.6 Å². The fourth-order valence-corrected chi connectivity index (χ4v) is 2.67. The first-order chi connectivity index (χ1) is 11.4. The molecule has 0 spiro atoms. The van der Waals surface area contributed by atoms with Crippen molar-refractivity contribution < 1.29 is 23.9 Å². The van der Waals surface area contributed by atoms with Gasteiger partial charge in [-0.1, -0.05) is 6.92 Å². The summed E-state index contributed by atoms with van der Waals surface area (Å²) >= 11 is 0. The number of esters is 1. The highest BCUT2D eigenvalue weighted by Gasteiger charge is 2.40. The van der Waals surface area contributed by atoms with E-state index >= 15 is 0 Å². The molecule has 126 valence electrons. The van der Waals surface area contributed by atoms with Crippen LogP contribution in [0.3, 0.4) is 0 Å². The number of carbonyl (C=O) groups excluding carboxylic acids is 3. The molecule has 0 N–H and O–H groups in total. The van der Waals surface area contributed by atoms with Crippen LogP contribution in [0.2, 0.25) is 0 Å². The lowest BCUT2D eigenvalue weighted by molar-refractivity contribution is -0.174. The maximum atomic E-state index is 12.1. The number of imide groups is 1. The number of hydrogen-bond acceptors (Lipinski definition) is 5. The molecule has 2 aliphatic rings. The van der Waals surface area contributed by atoms with Gasteiger partial charge >= 0.3 is 5.97 Å². The second-order valence-corrected chi connectivity index (χ2v) is 6.39. The highest BCUT2D eigenvalue weighted by Crippen LogP contribution is 2.37. The number of benzene rings is 1. The molecule has 24 heavy (non-hydrogen) atoms. The Hall–Kier alpha value is -2.47. The summed E-state index contributed by atoms with van der Waals surface area (Å²) < 4.78 is 10.7. The summed E-state index contributed by atoms with van der Waals surface area (Å²) in [6.45, 7) is 5.14. The number of carbonyl (C=O) groups is 3. The van der Waals surface area contributed by atoms with E-state index in [1.807, 2.05) is 6.92 Å². The van der Waals surface area contributed by atoms with Crippen molar-refractivity contribution in [2.45, 2.75) is 26.4 Å². The first kappa shape index (κ1) is 16.4. The Morgan fingerprint density at radius 3 is 2.38 bits per heavy atom. The van der Waals surface area contributed by atoms with Crippen molar-refractivity contribution in [3.63, 3.8) is 0 Å². The molecule has 1 aromatic rings. The van der Waals surface area contributed by atoms with Crippen molar-refractivity contribution in [2.24, 2.45) is 5.41 Å². The highest BCUT2D eigenvalue weighted by molar-refractivity contribution is 6.28. The summed E-state index contributed by atoms with van der Waals surface area (Å²) in [5.74, 6) is -1.20. The Morgan fingerprint density at radius 2 is 1.88 bits per heavy atom. The Morgan fingerprint density at radius 1 is 1.25 bits per heavy atom. The smallest absolute Gasteiger partial charge is 0.338 e. The Balaban J connectivity index is 1.56. The van der Waals surface area contributed by atoms with Gasteiger partial charge in [0.2, 0.25) is 0 Å². The third-order valence-corrected chi connectivity index (χ3v) is 4.72. The molecule has 0 aliphatic carbocycles. The van der Waals surface area contributed by atoms with Crippen molar-refractivity contribution in [2.75, 3.05) is 18.1 Å². The van der Waals surface area contributed by atoms with E-state index in [-0.39, 0.29) is 23.3 Å². The lowest BCUT2D eigenvalue weighted by Crippen LogP contribution is -2.48. The van der Waals surface area contributed by atoms with Crippen LogP contribution in [0.25, 0.3) is 0 Å². The summed E-state index contributed by atoms with van der Waals surface area (Å²) in [4.78, 5) is 36.3. The largest absolute Gasteiger partial charge is 0.462 e. The third-order valence-electron chi connectivity index (χ3n) is 4.72. The number of anilines is 1. The average molecular weight is 329 g/mol. The fourth-order valence-electron chi connectivity index (χ4n) is 2.67. The predicted octanol–water partition coefficient (Wildman–Crippen LogP) is 2.09. The van der Waals surface area contributed by atoms with Gasteiger partial charge in [0.25, 0.3) is 11.8 Å². The zero-order valence-electron chi connectivity index (χ0n) is 13.7. The minimum atomic E-state index is -0.421. The van der Waals surface area contributed by atoms with Gasteiger partial charge in [0.15, 0.2) is 0 Å². The summed E-state index contributed by atoms with van der Waals surface area (Å²) in [6, 6.07) is 6.21. The van der Waals surface area contributed by atoms with Gasteiger partial charge in [-0.2, -0.15) is 0 Å². The van der Waals surface area contributed by atoms with E-state index < -0.39 is 5.97 Å². The van der Waals surface area contributed by atoms with Gasteiger partial charge in [0.1, 0.15) is 0 Å². The topological polar surface area (TPSA) is 72.9 Å². The molecule has 2 atom stereocenters. The standard InChI is InChI=1S/C18H19NO5/c1-12-18(2,11-24-12)9-10-23-17(22)13-3-5-14(6-4-13)19-15(20)7-8-16(19)21/h3-8,12H,9-11H2,1-2H3. The molecule has 2 heterocycles. The Kier molecular flexibility index (Phi) is 4.24. The Bertz CT molecular complexity index is 691. The van der Waals surface area contributed by atoms with Crippen molar-refractivity contribution in [1.82, 2.24) is 0 Å². The highest BCUT2D eigenvalue weighted by atomic mass is 16.5. The molecular formula is C18H19NO5. The zero-order valence-corrected chi connectivity index (χ0v) is 13.7. The number of nitrogens with zero attached hydrogens (tertiary/aromatic N) is 1. The van der Waals surface area contributed by atoms with Crippen LogP contribution in [0.4, 0.5) is 5.69 Å². The van der Waals surface area contributed by atoms with Crippen LogP contribution in [0, 0.1) is 5.41 Å². The maximum Gasteiger partial charge on any atom is 0.338 e. The van der Waals surface area contributed by atoms with Gasteiger partial charge in [-0.15, -0.1) is 0 Å². The quantitative estimate of drug-likeness (QED) is 0.611. The van der Waals surface area contributed by atoms with Crippen molar-refractivity contribution in [1.29, 1.82) is 0 Å². The summed E-state index contributed by atoms with van der Waals surface area (Å²) in [6.07, 6.45) is 3.37. The van der Waals surface area contributed by atoms with E-state index in [0.29, 0.717) is 24.5 Å². The van der Waals surface area contributed by atoms with E-state index in [1.165, 1.54) is 12.2 Å². The molecule has 1 fully saturated rings. The number of hydrogen-bond donors (Lipinski definition) is 0. The molecule has 0 bridgehead atoms. The van der Waals surface area contributed by atoms with Crippen LogP contribution in [0.1, 0.15) is 30.6 Å². The van der Waals surface area contributed by atoms with E-state index in [4.69, 9.17) is 9.47 Å². The summed E-state index contributed by atoms with van der Waals surface area (Å²) in [5.41, 5.74) is 0.876. The van der Waals surface area contributed by atoms with E-state index in [1.54, 1.807) is 24.3 Å². The van der Waals surface area contributed by atoms with Crippen molar-refractivity contribution in [3.05, 3.63) is 42.0 Å². The maximum absolute atomic E-state index is 12.1. The molecule has 6 nitrogen and oxygen atoms in total. The lowest BCUT2D eigenvalue weighted by Gasteiger charge is -2.45. The third kappa shape index (κ3) is 2.97. The van der Waals surface area contributed by atoms with Gasteiger partial charge in [-0.05, 0) is 37.6 Å². The van der Waals surface area contributed by atoms with E-state index in [0.717, 1.165) is 11.3 Å². The van der Waals surface area contributed by atoms with E-state index in [9.17, 15) is 14.4 Å². The SMILES string of the molecule is CC1OCC1(C)CCOC(=O)c1ccc(N2C(=O)C=CC2=O)cc1. The molecule has 2 aliphatic heterocycles. The second kappa shape index (κ2) is 6.20. The summed E-state index contributed by atoms with van der Waals surface area (Å²) in [7, 11) is 0. The minimum Gasteiger partial charge on any atom is -0.462 e. The molecular weight excluding hydrogens is 310 g/mol. The first-order valence-corrected chi connectivity index (χ1v) is 7.86. The molecule has 0 radical (unpaired) electrons. The van der Waals surface area contributed by atoms with Crippen LogP contribution >= 0.6 is 0 Å². The zero-order chi connectivity index (χ0) is 17.3. The average Bonchev–Trinajstić information content (AvgIpc) is 2.92. The van der Waals surface area contributed by atoms with Crippen molar-refractivity contribution in [3.8, 4) is 0 Å². The minimum absolute atomic E-state index is 0.0631. The molecule has 0 saturated carbocycles. The Labute approximate surface area is 140 Å². The van der Waals surface area contributed by atoms with E-state index in [2.05, 4.69) is 6.92 Å². The number of amides is 2. The lowest BCUT2D eigenvalue weighted by atomic mass is 9.78. The van der Waals surface area contributed by atoms with Gasteiger partial charge in [-0.3, -0.25) is 9.59 Å². The number of rotatable bonds is 5. The van der Waals surface area contributed by atoms with Gasteiger partial charge < -0.3 is 9.47 Å². The number of ether oxygens (including phenoxy) is 2. The predicted molar refractivity (Wildman–Crippen MR) is 86.5 cm³/mol. The second-order valence-electron chi connectivity index (χ2n) is 6.39. The van der Waals surface area contributed by atoms with Crippen LogP contribution in [-0.4, -0.2) is 37.1 Å². The fraction of sp³-hybridized carbons (Fsp3) is 0.389. The molecule has 1 aromatic carbocycles. The monoisotopic (exact) mass is 329 g/mol. The molecule has 2 unspecified atom stereocenters. The van der Waals surface area contributed by atoms with Crippen LogP contribution < -0.4 is 4.90 Å². The van der Waals surface area contributed by atoms with Crippen LogP contribution in [0.15, 0.2) is 36.4 Å². The normalized spacial score (nSPS) is 25.8. The van der Waals surface area contributed by atoms with Crippen molar-refractivity contribution >= 4 is 23.5 Å². The molecule has 1 saturated heterocycles. The molecule has 6 heteroatoms. The molecule has 3 rings (SSSR count). The van der Waals surface area contributed by atoms with Gasteiger partial charge in [-0.25, -0.2) is 9.69 Å². The van der Waals surface area contributed by atoms with Gasteiger partial charge in [0.05, 0.1) is 30.6 Å². The van der Waals surface area contributed by atoms with Crippen LogP contribution in [0.5, 0.6) is 0 Å². The van der Waals surface area contributed by atoms with Crippen LogP contribution in [-0.2, 0) is 19.1 Å².